The zero-order chi connectivity index (χ0) is 16.0. The molecule has 0 saturated carbocycles. The molecule has 0 aliphatic carbocycles. The molecule has 0 heterocycles. The van der Waals surface area contributed by atoms with Gasteiger partial charge >= 0.3 is 0 Å². The summed E-state index contributed by atoms with van der Waals surface area (Å²) in [5.74, 6) is 0. The van der Waals surface area contributed by atoms with Crippen LogP contribution in [0.4, 0.5) is 0 Å². The van der Waals surface area contributed by atoms with Crippen molar-refractivity contribution in [1.82, 2.24) is 0 Å². The van der Waals surface area contributed by atoms with Gasteiger partial charge in [-0.1, -0.05) is 140 Å². The number of halogens is 10. The maximum Gasteiger partial charge on any atom is 0.227 e. The number of alkyl halides is 10. The standard InChI is InChI=1S/C10H4Cl10/c11-7(12,9(15,16)17)5-1-2-6(4-3-5)8(13,14)10(18,19)20/h1-4H. The van der Waals surface area contributed by atoms with Gasteiger partial charge in [-0.2, -0.15) is 0 Å². The maximum atomic E-state index is 6.02. The molecule has 0 N–H and O–H groups in total. The number of hydrogen-bond donors (Lipinski definition) is 0. The molecule has 0 nitrogen and oxygen atoms in total. The predicted molar refractivity (Wildman–Crippen MR) is 93.8 cm³/mol. The van der Waals surface area contributed by atoms with Gasteiger partial charge in [-0.3, -0.25) is 0 Å². The van der Waals surface area contributed by atoms with E-state index in [4.69, 9.17) is 116 Å². The molecule has 0 bridgehead atoms. The van der Waals surface area contributed by atoms with Crippen LogP contribution < -0.4 is 0 Å². The minimum absolute atomic E-state index is 0.318. The van der Waals surface area contributed by atoms with Crippen molar-refractivity contribution in [2.75, 3.05) is 0 Å². The van der Waals surface area contributed by atoms with E-state index in [-0.39, 0.29) is 0 Å². The van der Waals surface area contributed by atoms with Crippen LogP contribution in [0.15, 0.2) is 24.3 Å². The summed E-state index contributed by atoms with van der Waals surface area (Å²) in [6.07, 6.45) is 0. The Bertz CT molecular complexity index is 419. The second kappa shape index (κ2) is 6.55. The molecule has 0 unspecified atom stereocenters. The lowest BCUT2D eigenvalue weighted by molar-refractivity contribution is 0.856. The highest BCUT2D eigenvalue weighted by atomic mass is 35.6. The SMILES string of the molecule is ClC(Cl)(Cl)C(Cl)(Cl)c1ccc(C(Cl)(Cl)C(Cl)(Cl)Cl)cc1. The largest absolute Gasteiger partial charge is 0.227 e. The van der Waals surface area contributed by atoms with Crippen LogP contribution in [0.5, 0.6) is 0 Å². The van der Waals surface area contributed by atoms with Gasteiger partial charge in [-0.15, -0.1) is 0 Å². The van der Waals surface area contributed by atoms with Crippen LogP contribution in [-0.2, 0) is 8.67 Å². The minimum Gasteiger partial charge on any atom is -0.0915 e. The van der Waals surface area contributed by atoms with Gasteiger partial charge in [0.1, 0.15) is 0 Å². The molecule has 0 spiro atoms. The second-order valence-corrected chi connectivity index (χ2v) is 10.9. The summed E-state index contributed by atoms with van der Waals surface area (Å²) in [7, 11) is 0. The highest BCUT2D eigenvalue weighted by molar-refractivity contribution is 6.76. The lowest BCUT2D eigenvalue weighted by Gasteiger charge is -2.30. The maximum absolute atomic E-state index is 6.02. The van der Waals surface area contributed by atoms with Crippen LogP contribution in [-0.4, -0.2) is 7.59 Å². The van der Waals surface area contributed by atoms with Gasteiger partial charge in [0, 0.05) is 0 Å². The molecule has 10 heteroatoms. The third kappa shape index (κ3) is 4.15. The average molecular weight is 479 g/mol. The number of rotatable bonds is 2. The third-order valence-corrected chi connectivity index (χ3v) is 7.19. The molecule has 1 aromatic rings. The highest BCUT2D eigenvalue weighted by Gasteiger charge is 2.49. The van der Waals surface area contributed by atoms with Gasteiger partial charge in [0.25, 0.3) is 0 Å². The first-order valence-electron chi connectivity index (χ1n) is 4.71. The van der Waals surface area contributed by atoms with E-state index in [1.54, 1.807) is 0 Å². The summed E-state index contributed by atoms with van der Waals surface area (Å²) in [5, 5.41) is 0. The Morgan fingerprint density at radius 2 is 0.650 bits per heavy atom. The molecule has 114 valence electrons. The predicted octanol–water partition coefficient (Wildman–Crippen LogP) is 7.69. The molecule has 0 aliphatic heterocycles. The van der Waals surface area contributed by atoms with Gasteiger partial charge in [-0.25, -0.2) is 0 Å². The first-order valence-corrected chi connectivity index (χ1v) is 8.49. The second-order valence-electron chi connectivity index (χ2n) is 3.72. The van der Waals surface area contributed by atoms with Gasteiger partial charge in [0.2, 0.25) is 7.59 Å². The number of hydrogen-bond acceptors (Lipinski definition) is 0. The topological polar surface area (TPSA) is 0 Å². The first kappa shape index (κ1) is 20.2. The van der Waals surface area contributed by atoms with Crippen molar-refractivity contribution in [2.24, 2.45) is 0 Å². The van der Waals surface area contributed by atoms with Gasteiger partial charge in [0.05, 0.1) is 0 Å². The summed E-state index contributed by atoms with van der Waals surface area (Å²) >= 11 is 58.4. The van der Waals surface area contributed by atoms with Crippen LogP contribution in [0.1, 0.15) is 11.1 Å². The molecule has 0 saturated heterocycles. The Hall–Kier alpha value is 2.12. The van der Waals surface area contributed by atoms with Crippen molar-refractivity contribution in [3.63, 3.8) is 0 Å². The van der Waals surface area contributed by atoms with E-state index in [0.29, 0.717) is 11.1 Å². The summed E-state index contributed by atoms with van der Waals surface area (Å²) in [4.78, 5) is 0. The van der Waals surface area contributed by atoms with Gasteiger partial charge in [0.15, 0.2) is 8.67 Å². The summed E-state index contributed by atoms with van der Waals surface area (Å²) in [5.41, 5.74) is 0.635. The molecule has 0 aromatic heterocycles. The van der Waals surface area contributed by atoms with Crippen LogP contribution in [0.25, 0.3) is 0 Å². The Morgan fingerprint density at radius 1 is 0.450 bits per heavy atom. The lowest BCUT2D eigenvalue weighted by Crippen LogP contribution is -2.30. The van der Waals surface area contributed by atoms with Crippen LogP contribution >= 0.6 is 116 Å². The van der Waals surface area contributed by atoms with Crippen molar-refractivity contribution in [3.8, 4) is 0 Å². The highest BCUT2D eigenvalue weighted by Crippen LogP contribution is 2.55. The van der Waals surface area contributed by atoms with Crippen molar-refractivity contribution in [3.05, 3.63) is 35.4 Å². The Kier molecular flexibility index (Phi) is 6.61. The van der Waals surface area contributed by atoms with E-state index in [2.05, 4.69) is 0 Å². The molecule has 0 atom stereocenters. The van der Waals surface area contributed by atoms with Crippen LogP contribution in [0.3, 0.4) is 0 Å². The molecule has 1 aromatic carbocycles. The monoisotopic (exact) mass is 474 g/mol. The van der Waals surface area contributed by atoms with Crippen molar-refractivity contribution in [2.45, 2.75) is 16.3 Å². The summed E-state index contributed by atoms with van der Waals surface area (Å²) in [6.45, 7) is 0. The average Bonchev–Trinajstić information content (AvgIpc) is 2.26. The van der Waals surface area contributed by atoms with Crippen molar-refractivity contribution < 1.29 is 0 Å². The quantitative estimate of drug-likeness (QED) is 0.382. The molecular weight excluding hydrogens is 475 g/mol. The minimum atomic E-state index is -1.94. The molecule has 1 rings (SSSR count). The molecule has 20 heavy (non-hydrogen) atoms. The lowest BCUT2D eigenvalue weighted by atomic mass is 10.1. The zero-order valence-corrected chi connectivity index (χ0v) is 16.6. The molecule has 0 radical (unpaired) electrons. The van der Waals surface area contributed by atoms with E-state index in [9.17, 15) is 0 Å². The van der Waals surface area contributed by atoms with Crippen LogP contribution in [0, 0.1) is 0 Å². The van der Waals surface area contributed by atoms with Crippen molar-refractivity contribution >= 4 is 116 Å². The van der Waals surface area contributed by atoms with E-state index in [1.165, 1.54) is 24.3 Å². The summed E-state index contributed by atoms with van der Waals surface area (Å²) in [6, 6.07) is 5.86. The first-order chi connectivity index (χ1) is 8.71. The smallest absolute Gasteiger partial charge is 0.0915 e. The Balaban J connectivity index is 3.20. The Labute approximate surface area is 166 Å². The van der Waals surface area contributed by atoms with E-state index < -0.39 is 16.3 Å². The molecule has 0 aliphatic rings. The molecular formula is C10H4Cl10. The van der Waals surface area contributed by atoms with E-state index in [0.717, 1.165) is 0 Å². The molecule has 0 fully saturated rings. The fourth-order valence-electron chi connectivity index (χ4n) is 1.22. The summed E-state index contributed by atoms with van der Waals surface area (Å²) < 4.78 is -7.41. The van der Waals surface area contributed by atoms with Crippen molar-refractivity contribution in [1.29, 1.82) is 0 Å². The fourth-order valence-corrected chi connectivity index (χ4v) is 2.37. The fraction of sp³-hybridized carbons (Fsp3) is 0.400. The third-order valence-electron chi connectivity index (χ3n) is 2.32. The van der Waals surface area contributed by atoms with E-state index >= 15 is 0 Å². The van der Waals surface area contributed by atoms with Gasteiger partial charge < -0.3 is 0 Å². The molecule has 0 amide bonds. The Morgan fingerprint density at radius 3 is 0.800 bits per heavy atom. The van der Waals surface area contributed by atoms with Gasteiger partial charge in [-0.05, 0) is 11.1 Å². The number of benzene rings is 1. The van der Waals surface area contributed by atoms with E-state index in [1.807, 2.05) is 0 Å². The zero-order valence-electron chi connectivity index (χ0n) is 9.09. The van der Waals surface area contributed by atoms with Crippen LogP contribution in [0.2, 0.25) is 0 Å². The normalized spacial score (nSPS) is 14.5.